The van der Waals surface area contributed by atoms with E-state index in [-0.39, 0.29) is 35.1 Å². The van der Waals surface area contributed by atoms with E-state index in [0.717, 1.165) is 0 Å². The van der Waals surface area contributed by atoms with Crippen LogP contribution in [-0.4, -0.2) is 44.5 Å². The number of carbonyl (C=O) groups excluding carboxylic acids is 4. The molecule has 0 radical (unpaired) electrons. The van der Waals surface area contributed by atoms with Crippen LogP contribution in [0.1, 0.15) is 23.7 Å². The normalized spacial score (nSPS) is 20.9. The van der Waals surface area contributed by atoms with Crippen molar-refractivity contribution in [2.75, 3.05) is 31.0 Å². The zero-order chi connectivity index (χ0) is 25.1. The minimum atomic E-state index is -0.709. The fourth-order valence-corrected chi connectivity index (χ4v) is 4.45. The number of methoxy groups -OCH3 is 2. The summed E-state index contributed by atoms with van der Waals surface area (Å²) in [6.45, 7) is 1.43. The SMILES string of the molecule is COc1ccc(NC(=O)COC(=O)c2ccc(N3C(=O)[C@@H]4[C@H](C)C=CC[C@H]4C3=O)cc2)c(OC)c1. The maximum absolute atomic E-state index is 12.9. The molecule has 1 fully saturated rings. The van der Waals surface area contributed by atoms with Crippen molar-refractivity contribution in [3.63, 3.8) is 0 Å². The number of hydrogen-bond donors (Lipinski definition) is 1. The van der Waals surface area contributed by atoms with Gasteiger partial charge in [0.05, 0.1) is 43.0 Å². The molecule has 1 saturated heterocycles. The molecule has 1 aliphatic heterocycles. The molecule has 9 nitrogen and oxygen atoms in total. The van der Waals surface area contributed by atoms with Gasteiger partial charge in [0.25, 0.3) is 5.91 Å². The average molecular weight is 479 g/mol. The summed E-state index contributed by atoms with van der Waals surface area (Å²) < 4.78 is 15.5. The van der Waals surface area contributed by atoms with Crippen LogP contribution in [0.25, 0.3) is 0 Å². The summed E-state index contributed by atoms with van der Waals surface area (Å²) in [5.41, 5.74) is 1.00. The van der Waals surface area contributed by atoms with Gasteiger partial charge < -0.3 is 19.5 Å². The van der Waals surface area contributed by atoms with E-state index in [1.807, 2.05) is 19.1 Å². The fraction of sp³-hybridized carbons (Fsp3) is 0.308. The number of benzene rings is 2. The highest BCUT2D eigenvalue weighted by atomic mass is 16.5. The van der Waals surface area contributed by atoms with Gasteiger partial charge in [0.15, 0.2) is 6.61 Å². The third-order valence-corrected chi connectivity index (χ3v) is 6.25. The fourth-order valence-electron chi connectivity index (χ4n) is 4.45. The van der Waals surface area contributed by atoms with E-state index in [2.05, 4.69) is 5.32 Å². The third kappa shape index (κ3) is 4.75. The molecule has 182 valence electrons. The Morgan fingerprint density at radius 1 is 1.03 bits per heavy atom. The lowest BCUT2D eigenvalue weighted by molar-refractivity contribution is -0.123. The van der Waals surface area contributed by atoms with E-state index in [1.54, 1.807) is 18.2 Å². The number of carbonyl (C=O) groups is 4. The first kappa shape index (κ1) is 24.0. The van der Waals surface area contributed by atoms with Crippen molar-refractivity contribution in [1.29, 1.82) is 0 Å². The number of nitrogens with one attached hydrogen (secondary N) is 1. The largest absolute Gasteiger partial charge is 0.497 e. The van der Waals surface area contributed by atoms with E-state index in [4.69, 9.17) is 14.2 Å². The van der Waals surface area contributed by atoms with Gasteiger partial charge in [-0.25, -0.2) is 4.79 Å². The number of ether oxygens (including phenoxy) is 3. The van der Waals surface area contributed by atoms with Crippen LogP contribution in [-0.2, 0) is 19.1 Å². The Labute approximate surface area is 202 Å². The van der Waals surface area contributed by atoms with E-state index < -0.39 is 18.5 Å². The number of hydrogen-bond acceptors (Lipinski definition) is 7. The summed E-state index contributed by atoms with van der Waals surface area (Å²) in [6.07, 6.45) is 4.46. The minimum Gasteiger partial charge on any atom is -0.497 e. The van der Waals surface area contributed by atoms with Gasteiger partial charge in [-0.1, -0.05) is 19.1 Å². The Kier molecular flexibility index (Phi) is 6.86. The van der Waals surface area contributed by atoms with Gasteiger partial charge >= 0.3 is 5.97 Å². The smallest absolute Gasteiger partial charge is 0.338 e. The third-order valence-electron chi connectivity index (χ3n) is 6.25. The number of rotatable bonds is 7. The molecule has 0 spiro atoms. The van der Waals surface area contributed by atoms with Crippen LogP contribution in [0.2, 0.25) is 0 Å². The molecule has 2 aliphatic rings. The van der Waals surface area contributed by atoms with Crippen LogP contribution in [0.15, 0.2) is 54.6 Å². The van der Waals surface area contributed by atoms with Crippen molar-refractivity contribution in [2.45, 2.75) is 13.3 Å². The number of amides is 3. The number of esters is 1. The maximum Gasteiger partial charge on any atom is 0.338 e. The molecular weight excluding hydrogens is 452 g/mol. The summed E-state index contributed by atoms with van der Waals surface area (Å²) in [5.74, 6) is -1.46. The summed E-state index contributed by atoms with van der Waals surface area (Å²) in [6, 6.07) is 10.9. The van der Waals surface area contributed by atoms with Crippen LogP contribution in [0.5, 0.6) is 11.5 Å². The van der Waals surface area contributed by atoms with Crippen LogP contribution >= 0.6 is 0 Å². The molecule has 2 aromatic rings. The minimum absolute atomic E-state index is 0.00604. The maximum atomic E-state index is 12.9. The van der Waals surface area contributed by atoms with Crippen molar-refractivity contribution < 1.29 is 33.4 Å². The summed E-state index contributed by atoms with van der Waals surface area (Å²) in [7, 11) is 2.98. The molecule has 0 aromatic heterocycles. The van der Waals surface area contributed by atoms with E-state index in [0.29, 0.717) is 29.3 Å². The van der Waals surface area contributed by atoms with Crippen molar-refractivity contribution in [2.24, 2.45) is 17.8 Å². The molecule has 3 amide bonds. The van der Waals surface area contributed by atoms with Gasteiger partial charge in [-0.2, -0.15) is 0 Å². The summed E-state index contributed by atoms with van der Waals surface area (Å²) in [5, 5.41) is 2.62. The van der Waals surface area contributed by atoms with E-state index in [1.165, 1.54) is 43.4 Å². The second-order valence-corrected chi connectivity index (χ2v) is 8.40. The molecule has 9 heteroatoms. The molecule has 1 heterocycles. The van der Waals surface area contributed by atoms with Gasteiger partial charge in [0.2, 0.25) is 11.8 Å². The molecule has 4 rings (SSSR count). The molecule has 0 saturated carbocycles. The first-order valence-corrected chi connectivity index (χ1v) is 11.2. The second-order valence-electron chi connectivity index (χ2n) is 8.40. The quantitative estimate of drug-likeness (QED) is 0.370. The molecular formula is C26H26N2O7. The van der Waals surface area contributed by atoms with Crippen molar-refractivity contribution in [1.82, 2.24) is 0 Å². The van der Waals surface area contributed by atoms with Crippen molar-refractivity contribution >= 4 is 35.1 Å². The lowest BCUT2D eigenvalue weighted by atomic mass is 9.78. The number of nitrogens with zero attached hydrogens (tertiary/aromatic N) is 1. The van der Waals surface area contributed by atoms with Crippen LogP contribution in [0.3, 0.4) is 0 Å². The van der Waals surface area contributed by atoms with E-state index >= 15 is 0 Å². The summed E-state index contributed by atoms with van der Waals surface area (Å²) >= 11 is 0. The average Bonchev–Trinajstić information content (AvgIpc) is 3.13. The Morgan fingerprint density at radius 3 is 2.43 bits per heavy atom. The first-order valence-electron chi connectivity index (χ1n) is 11.2. The lowest BCUT2D eigenvalue weighted by Crippen LogP contribution is -2.31. The van der Waals surface area contributed by atoms with Gasteiger partial charge in [-0.05, 0) is 48.7 Å². The number of imide groups is 1. The molecule has 1 aliphatic carbocycles. The Bertz CT molecular complexity index is 1190. The first-order chi connectivity index (χ1) is 16.8. The predicted molar refractivity (Wildman–Crippen MR) is 127 cm³/mol. The number of anilines is 2. The van der Waals surface area contributed by atoms with Crippen molar-refractivity contribution in [3.8, 4) is 11.5 Å². The Balaban J connectivity index is 1.36. The van der Waals surface area contributed by atoms with Gasteiger partial charge in [-0.3, -0.25) is 19.3 Å². The number of fused-ring (bicyclic) bond motifs is 1. The highest BCUT2D eigenvalue weighted by Crippen LogP contribution is 2.40. The van der Waals surface area contributed by atoms with Crippen LogP contribution in [0.4, 0.5) is 11.4 Å². The second kappa shape index (κ2) is 10.0. The van der Waals surface area contributed by atoms with Crippen LogP contribution in [0, 0.1) is 17.8 Å². The topological polar surface area (TPSA) is 111 Å². The molecule has 35 heavy (non-hydrogen) atoms. The molecule has 0 bridgehead atoms. The monoisotopic (exact) mass is 478 g/mol. The van der Waals surface area contributed by atoms with Crippen LogP contribution < -0.4 is 19.7 Å². The highest BCUT2D eigenvalue weighted by molar-refractivity contribution is 6.22. The zero-order valence-electron chi connectivity index (χ0n) is 19.6. The highest BCUT2D eigenvalue weighted by Gasteiger charge is 2.50. The molecule has 1 N–H and O–H groups in total. The van der Waals surface area contributed by atoms with Gasteiger partial charge in [-0.15, -0.1) is 0 Å². The molecule has 0 unspecified atom stereocenters. The molecule has 2 aromatic carbocycles. The van der Waals surface area contributed by atoms with E-state index in [9.17, 15) is 19.2 Å². The standard InChI is InChI=1S/C26H26N2O7/c1-15-5-4-6-19-23(15)25(31)28(24(19)30)17-9-7-16(8-10-17)26(32)35-14-22(29)27-20-12-11-18(33-2)13-21(20)34-3/h4-5,7-13,15,19,23H,6,14H2,1-3H3,(H,27,29)/t15-,19-,23-/m1/s1. The molecule has 3 atom stereocenters. The summed E-state index contributed by atoms with van der Waals surface area (Å²) in [4.78, 5) is 51.6. The zero-order valence-corrected chi connectivity index (χ0v) is 19.6. The number of allylic oxidation sites excluding steroid dienone is 2. The Morgan fingerprint density at radius 2 is 1.77 bits per heavy atom. The van der Waals surface area contributed by atoms with Gasteiger partial charge in [0.1, 0.15) is 11.5 Å². The lowest BCUT2D eigenvalue weighted by Gasteiger charge is -2.22. The predicted octanol–water partition coefficient (Wildman–Crippen LogP) is 3.20. The van der Waals surface area contributed by atoms with Crippen molar-refractivity contribution in [3.05, 3.63) is 60.2 Å². The van der Waals surface area contributed by atoms with Gasteiger partial charge in [0, 0.05) is 6.07 Å². The Hall–Kier alpha value is -4.14.